The molecule has 0 saturated carbocycles. The van der Waals surface area contributed by atoms with Crippen LogP contribution in [0, 0.1) is 0 Å². The molecule has 0 unspecified atom stereocenters. The van der Waals surface area contributed by atoms with Gasteiger partial charge in [-0.3, -0.25) is 9.59 Å². The molecular weight excluding hydrogens is 270 g/mol. The van der Waals surface area contributed by atoms with E-state index >= 15 is 0 Å². The van der Waals surface area contributed by atoms with Crippen LogP contribution in [0.2, 0.25) is 0 Å². The van der Waals surface area contributed by atoms with Crippen LogP contribution in [-0.2, 0) is 9.59 Å². The van der Waals surface area contributed by atoms with E-state index in [0.717, 1.165) is 18.6 Å². The van der Waals surface area contributed by atoms with Gasteiger partial charge < -0.3 is 14.7 Å². The van der Waals surface area contributed by atoms with E-state index in [1.165, 1.54) is 0 Å². The van der Waals surface area contributed by atoms with Crippen molar-refractivity contribution in [2.75, 3.05) is 19.7 Å². The number of unbranched alkanes of at least 4 members (excludes halogenated alkanes) is 1. The first-order valence-corrected chi connectivity index (χ1v) is 7.31. The van der Waals surface area contributed by atoms with Gasteiger partial charge in [-0.05, 0) is 18.6 Å². The molecular formula is C16H23NO4. The molecule has 1 N–H and O–H groups in total. The first-order valence-electron chi connectivity index (χ1n) is 7.31. The van der Waals surface area contributed by atoms with Crippen molar-refractivity contribution >= 4 is 11.9 Å². The lowest BCUT2D eigenvalue weighted by molar-refractivity contribution is -0.138. The molecule has 1 amide bonds. The molecule has 0 aromatic heterocycles. The van der Waals surface area contributed by atoms with Crippen molar-refractivity contribution in [1.29, 1.82) is 0 Å². The number of carboxylic acids is 1. The predicted octanol–water partition coefficient (Wildman–Crippen LogP) is 2.56. The fraction of sp³-hybridized carbons (Fsp3) is 0.500. The Morgan fingerprint density at radius 1 is 1.14 bits per heavy atom. The summed E-state index contributed by atoms with van der Waals surface area (Å²) in [6.45, 7) is 3.21. The van der Waals surface area contributed by atoms with E-state index in [0.29, 0.717) is 13.2 Å². The van der Waals surface area contributed by atoms with Gasteiger partial charge >= 0.3 is 5.97 Å². The highest BCUT2D eigenvalue weighted by Crippen LogP contribution is 2.09. The van der Waals surface area contributed by atoms with Crippen LogP contribution in [0.3, 0.4) is 0 Å². The minimum Gasteiger partial charge on any atom is -0.493 e. The maximum atomic E-state index is 12.1. The van der Waals surface area contributed by atoms with Crippen molar-refractivity contribution in [3.63, 3.8) is 0 Å². The SMILES string of the molecule is CCCCN(CCC(=O)O)C(=O)CCOc1ccccc1. The molecule has 0 heterocycles. The second kappa shape index (κ2) is 9.80. The van der Waals surface area contributed by atoms with Gasteiger partial charge in [-0.15, -0.1) is 0 Å². The number of hydrogen-bond acceptors (Lipinski definition) is 3. The van der Waals surface area contributed by atoms with Gasteiger partial charge in [0.2, 0.25) is 5.91 Å². The molecule has 0 radical (unpaired) electrons. The number of benzene rings is 1. The van der Waals surface area contributed by atoms with Gasteiger partial charge in [0.15, 0.2) is 0 Å². The van der Waals surface area contributed by atoms with E-state index in [1.807, 2.05) is 37.3 Å². The summed E-state index contributed by atoms with van der Waals surface area (Å²) < 4.78 is 5.49. The number of carboxylic acid groups (broad SMARTS) is 1. The predicted molar refractivity (Wildman–Crippen MR) is 80.3 cm³/mol. The van der Waals surface area contributed by atoms with Crippen LogP contribution in [-0.4, -0.2) is 41.6 Å². The van der Waals surface area contributed by atoms with E-state index < -0.39 is 5.97 Å². The molecule has 0 atom stereocenters. The Bertz CT molecular complexity index is 433. The molecule has 1 aromatic carbocycles. The second-order valence-corrected chi connectivity index (χ2v) is 4.79. The summed E-state index contributed by atoms with van der Waals surface area (Å²) >= 11 is 0. The number of hydrogen-bond donors (Lipinski definition) is 1. The Balaban J connectivity index is 2.38. The van der Waals surface area contributed by atoms with Crippen LogP contribution >= 0.6 is 0 Å². The van der Waals surface area contributed by atoms with E-state index in [4.69, 9.17) is 9.84 Å². The monoisotopic (exact) mass is 293 g/mol. The molecule has 0 aliphatic carbocycles. The summed E-state index contributed by atoms with van der Waals surface area (Å²) in [6, 6.07) is 9.32. The molecule has 5 nitrogen and oxygen atoms in total. The van der Waals surface area contributed by atoms with Crippen molar-refractivity contribution in [2.24, 2.45) is 0 Å². The highest BCUT2D eigenvalue weighted by Gasteiger charge is 2.14. The average molecular weight is 293 g/mol. The summed E-state index contributed by atoms with van der Waals surface area (Å²) in [5, 5.41) is 8.73. The average Bonchev–Trinajstić information content (AvgIpc) is 2.48. The lowest BCUT2D eigenvalue weighted by Crippen LogP contribution is -2.34. The van der Waals surface area contributed by atoms with E-state index in [2.05, 4.69) is 0 Å². The number of nitrogens with zero attached hydrogens (tertiary/aromatic N) is 1. The van der Waals surface area contributed by atoms with Gasteiger partial charge in [0.05, 0.1) is 19.4 Å². The number of rotatable bonds is 10. The number of aliphatic carboxylic acids is 1. The Kier molecular flexibility index (Phi) is 7.94. The number of ether oxygens (including phenoxy) is 1. The normalized spacial score (nSPS) is 10.1. The Labute approximate surface area is 125 Å². The third-order valence-corrected chi connectivity index (χ3v) is 3.06. The van der Waals surface area contributed by atoms with Gasteiger partial charge in [0.1, 0.15) is 5.75 Å². The van der Waals surface area contributed by atoms with Gasteiger partial charge in [-0.2, -0.15) is 0 Å². The minimum atomic E-state index is -0.884. The largest absolute Gasteiger partial charge is 0.493 e. The smallest absolute Gasteiger partial charge is 0.305 e. The molecule has 1 rings (SSSR count). The summed E-state index contributed by atoms with van der Waals surface area (Å²) in [6.07, 6.45) is 2.09. The van der Waals surface area contributed by atoms with Gasteiger partial charge in [-0.1, -0.05) is 31.5 Å². The maximum Gasteiger partial charge on any atom is 0.305 e. The Morgan fingerprint density at radius 2 is 1.86 bits per heavy atom. The molecule has 116 valence electrons. The van der Waals surface area contributed by atoms with Gasteiger partial charge in [-0.25, -0.2) is 0 Å². The second-order valence-electron chi connectivity index (χ2n) is 4.79. The molecule has 0 aliphatic heterocycles. The quantitative estimate of drug-likeness (QED) is 0.720. The number of carbonyl (C=O) groups is 2. The first kappa shape index (κ1) is 17.0. The van der Waals surface area contributed by atoms with Gasteiger partial charge in [0.25, 0.3) is 0 Å². The van der Waals surface area contributed by atoms with E-state index in [1.54, 1.807) is 4.90 Å². The van der Waals surface area contributed by atoms with Crippen molar-refractivity contribution in [2.45, 2.75) is 32.6 Å². The summed E-state index contributed by atoms with van der Waals surface area (Å²) in [5.74, 6) is -0.207. The molecule has 1 aromatic rings. The highest BCUT2D eigenvalue weighted by atomic mass is 16.5. The third-order valence-electron chi connectivity index (χ3n) is 3.06. The number of para-hydroxylation sites is 1. The fourth-order valence-electron chi connectivity index (χ4n) is 1.87. The van der Waals surface area contributed by atoms with Crippen LogP contribution < -0.4 is 4.74 Å². The zero-order chi connectivity index (χ0) is 15.5. The molecule has 0 bridgehead atoms. The Morgan fingerprint density at radius 3 is 2.48 bits per heavy atom. The van der Waals surface area contributed by atoms with Crippen molar-refractivity contribution in [3.05, 3.63) is 30.3 Å². The molecule has 0 aliphatic rings. The van der Waals surface area contributed by atoms with Crippen LogP contribution in [0.25, 0.3) is 0 Å². The zero-order valence-electron chi connectivity index (χ0n) is 12.5. The topological polar surface area (TPSA) is 66.8 Å². The van der Waals surface area contributed by atoms with Crippen molar-refractivity contribution in [1.82, 2.24) is 4.90 Å². The molecule has 0 spiro atoms. The minimum absolute atomic E-state index is 0.0189. The van der Waals surface area contributed by atoms with Gasteiger partial charge in [0, 0.05) is 13.1 Å². The Hall–Kier alpha value is -2.04. The fourth-order valence-corrected chi connectivity index (χ4v) is 1.87. The zero-order valence-corrected chi connectivity index (χ0v) is 12.5. The maximum absolute atomic E-state index is 12.1. The first-order chi connectivity index (χ1) is 10.1. The van der Waals surface area contributed by atoms with E-state index in [-0.39, 0.29) is 25.3 Å². The van der Waals surface area contributed by atoms with Crippen LogP contribution in [0.5, 0.6) is 5.75 Å². The van der Waals surface area contributed by atoms with Crippen LogP contribution in [0.1, 0.15) is 32.6 Å². The lowest BCUT2D eigenvalue weighted by Gasteiger charge is -2.21. The van der Waals surface area contributed by atoms with Crippen molar-refractivity contribution < 1.29 is 19.4 Å². The van der Waals surface area contributed by atoms with Crippen molar-refractivity contribution in [3.8, 4) is 5.75 Å². The standard InChI is InChI=1S/C16H23NO4/c1-2-3-11-17(12-9-16(19)20)15(18)10-13-21-14-7-5-4-6-8-14/h4-8H,2-3,9-13H2,1H3,(H,19,20). The van der Waals surface area contributed by atoms with Crippen LogP contribution in [0.15, 0.2) is 30.3 Å². The third kappa shape index (κ3) is 7.34. The molecule has 0 saturated heterocycles. The summed E-state index contributed by atoms with van der Waals surface area (Å²) in [5.41, 5.74) is 0. The molecule has 21 heavy (non-hydrogen) atoms. The molecule has 0 fully saturated rings. The summed E-state index contributed by atoms with van der Waals surface area (Å²) in [7, 11) is 0. The number of amides is 1. The van der Waals surface area contributed by atoms with E-state index in [9.17, 15) is 9.59 Å². The lowest BCUT2D eigenvalue weighted by atomic mass is 10.2. The summed E-state index contributed by atoms with van der Waals surface area (Å²) in [4.78, 5) is 24.4. The van der Waals surface area contributed by atoms with Crippen LogP contribution in [0.4, 0.5) is 0 Å². The molecule has 5 heteroatoms. The number of carbonyl (C=O) groups excluding carboxylic acids is 1. The highest BCUT2D eigenvalue weighted by molar-refractivity contribution is 5.77.